The predicted octanol–water partition coefficient (Wildman–Crippen LogP) is 3.74. The Morgan fingerprint density at radius 2 is 1.76 bits per heavy atom. The smallest absolute Gasteiger partial charge is 0.0804 e. The van der Waals surface area contributed by atoms with Crippen LogP contribution in [0.3, 0.4) is 0 Å². The van der Waals surface area contributed by atoms with Crippen LogP contribution in [-0.2, 0) is 4.74 Å². The summed E-state index contributed by atoms with van der Waals surface area (Å²) in [6, 6.07) is 0. The van der Waals surface area contributed by atoms with Crippen LogP contribution in [0.5, 0.6) is 0 Å². The van der Waals surface area contributed by atoms with E-state index in [9.17, 15) is 0 Å². The van der Waals surface area contributed by atoms with Gasteiger partial charge in [-0.15, -0.1) is 0 Å². The van der Waals surface area contributed by atoms with E-state index in [1.165, 1.54) is 25.7 Å². The van der Waals surface area contributed by atoms with Gasteiger partial charge in [-0.05, 0) is 43.4 Å². The SMILES string of the molecule is CCCC(C)COC1(CN)CCC(C)(C)CC1. The third-order valence-electron chi connectivity index (χ3n) is 4.34. The van der Waals surface area contributed by atoms with E-state index in [0.717, 1.165) is 19.4 Å². The van der Waals surface area contributed by atoms with E-state index < -0.39 is 0 Å². The topological polar surface area (TPSA) is 35.2 Å². The van der Waals surface area contributed by atoms with E-state index in [1.54, 1.807) is 0 Å². The highest BCUT2D eigenvalue weighted by Gasteiger charge is 2.38. The quantitative estimate of drug-likeness (QED) is 0.769. The van der Waals surface area contributed by atoms with Crippen LogP contribution in [0.25, 0.3) is 0 Å². The van der Waals surface area contributed by atoms with Gasteiger partial charge in [-0.25, -0.2) is 0 Å². The molecule has 0 aliphatic heterocycles. The molecule has 1 saturated carbocycles. The molecular formula is C15H31NO. The Balaban J connectivity index is 2.42. The second-order valence-corrected chi connectivity index (χ2v) is 6.76. The molecule has 0 amide bonds. The van der Waals surface area contributed by atoms with Crippen LogP contribution in [-0.4, -0.2) is 18.8 Å². The van der Waals surface area contributed by atoms with Gasteiger partial charge in [-0.2, -0.15) is 0 Å². The molecule has 0 bridgehead atoms. The van der Waals surface area contributed by atoms with Crippen LogP contribution in [0, 0.1) is 11.3 Å². The fourth-order valence-electron chi connectivity index (χ4n) is 2.68. The zero-order valence-electron chi connectivity index (χ0n) is 12.2. The van der Waals surface area contributed by atoms with Crippen molar-refractivity contribution in [1.29, 1.82) is 0 Å². The molecule has 0 saturated heterocycles. The third kappa shape index (κ3) is 4.59. The fourth-order valence-corrected chi connectivity index (χ4v) is 2.68. The van der Waals surface area contributed by atoms with E-state index >= 15 is 0 Å². The lowest BCUT2D eigenvalue weighted by Gasteiger charge is -2.43. The van der Waals surface area contributed by atoms with Gasteiger partial charge in [-0.3, -0.25) is 0 Å². The van der Waals surface area contributed by atoms with Crippen molar-refractivity contribution in [3.63, 3.8) is 0 Å². The Morgan fingerprint density at radius 1 is 1.18 bits per heavy atom. The highest BCUT2D eigenvalue weighted by molar-refractivity contribution is 4.91. The van der Waals surface area contributed by atoms with Crippen LogP contribution in [0.1, 0.15) is 66.2 Å². The fraction of sp³-hybridized carbons (Fsp3) is 1.00. The van der Waals surface area contributed by atoms with E-state index in [1.807, 2.05) is 0 Å². The van der Waals surface area contributed by atoms with Crippen molar-refractivity contribution in [2.75, 3.05) is 13.2 Å². The first kappa shape index (κ1) is 15.0. The van der Waals surface area contributed by atoms with E-state index in [2.05, 4.69) is 27.7 Å². The summed E-state index contributed by atoms with van der Waals surface area (Å²) in [5.41, 5.74) is 6.43. The Bertz CT molecular complexity index is 215. The van der Waals surface area contributed by atoms with Crippen molar-refractivity contribution >= 4 is 0 Å². The minimum Gasteiger partial charge on any atom is -0.373 e. The van der Waals surface area contributed by atoms with Crippen molar-refractivity contribution in [2.24, 2.45) is 17.1 Å². The Morgan fingerprint density at radius 3 is 2.24 bits per heavy atom. The highest BCUT2D eigenvalue weighted by atomic mass is 16.5. The van der Waals surface area contributed by atoms with Gasteiger partial charge in [0, 0.05) is 13.2 Å². The van der Waals surface area contributed by atoms with E-state index in [-0.39, 0.29) is 5.60 Å². The molecule has 1 rings (SSSR count). The van der Waals surface area contributed by atoms with Crippen LogP contribution < -0.4 is 5.73 Å². The molecule has 0 aromatic heterocycles. The summed E-state index contributed by atoms with van der Waals surface area (Å²) >= 11 is 0. The van der Waals surface area contributed by atoms with Crippen molar-refractivity contribution in [3.05, 3.63) is 0 Å². The van der Waals surface area contributed by atoms with Crippen molar-refractivity contribution in [3.8, 4) is 0 Å². The lowest BCUT2D eigenvalue weighted by molar-refractivity contribution is -0.0919. The van der Waals surface area contributed by atoms with Crippen molar-refractivity contribution < 1.29 is 4.74 Å². The van der Waals surface area contributed by atoms with E-state index in [4.69, 9.17) is 10.5 Å². The van der Waals surface area contributed by atoms with Gasteiger partial charge in [0.1, 0.15) is 0 Å². The minimum absolute atomic E-state index is 0.0163. The van der Waals surface area contributed by atoms with Crippen molar-refractivity contribution in [1.82, 2.24) is 0 Å². The molecule has 0 spiro atoms. The number of hydrogen-bond acceptors (Lipinski definition) is 2. The number of ether oxygens (including phenoxy) is 1. The minimum atomic E-state index is -0.0163. The molecular weight excluding hydrogens is 210 g/mol. The highest BCUT2D eigenvalue weighted by Crippen LogP contribution is 2.41. The van der Waals surface area contributed by atoms with Gasteiger partial charge in [0.25, 0.3) is 0 Å². The summed E-state index contributed by atoms with van der Waals surface area (Å²) in [5, 5.41) is 0. The van der Waals surface area contributed by atoms with Gasteiger partial charge in [0.2, 0.25) is 0 Å². The van der Waals surface area contributed by atoms with Gasteiger partial charge in [0.05, 0.1) is 5.60 Å². The normalized spacial score (nSPS) is 24.5. The monoisotopic (exact) mass is 241 g/mol. The van der Waals surface area contributed by atoms with Crippen LogP contribution in [0.2, 0.25) is 0 Å². The lowest BCUT2D eigenvalue weighted by atomic mass is 9.71. The molecule has 0 aromatic rings. The summed E-state index contributed by atoms with van der Waals surface area (Å²) in [7, 11) is 0. The largest absolute Gasteiger partial charge is 0.373 e. The zero-order chi connectivity index (χ0) is 12.9. The average molecular weight is 241 g/mol. The van der Waals surface area contributed by atoms with Gasteiger partial charge in [0.15, 0.2) is 0 Å². The lowest BCUT2D eigenvalue weighted by Crippen LogP contribution is -2.46. The second-order valence-electron chi connectivity index (χ2n) is 6.76. The number of rotatable bonds is 6. The maximum absolute atomic E-state index is 6.20. The molecule has 1 aliphatic rings. The third-order valence-corrected chi connectivity index (χ3v) is 4.34. The maximum atomic E-state index is 6.20. The molecule has 0 heterocycles. The molecule has 2 nitrogen and oxygen atoms in total. The predicted molar refractivity (Wildman–Crippen MR) is 74.1 cm³/mol. The van der Waals surface area contributed by atoms with Crippen molar-refractivity contribution in [2.45, 2.75) is 71.8 Å². The Hall–Kier alpha value is -0.0800. The molecule has 2 N–H and O–H groups in total. The molecule has 102 valence electrons. The summed E-state index contributed by atoms with van der Waals surface area (Å²) in [5.74, 6) is 0.665. The van der Waals surface area contributed by atoms with Gasteiger partial charge < -0.3 is 10.5 Å². The summed E-state index contributed by atoms with van der Waals surface area (Å²) < 4.78 is 6.20. The summed E-state index contributed by atoms with van der Waals surface area (Å²) in [6.45, 7) is 10.8. The zero-order valence-corrected chi connectivity index (χ0v) is 12.2. The van der Waals surface area contributed by atoms with Crippen LogP contribution in [0.4, 0.5) is 0 Å². The van der Waals surface area contributed by atoms with Gasteiger partial charge >= 0.3 is 0 Å². The molecule has 1 aliphatic carbocycles. The molecule has 2 heteroatoms. The Labute approximate surface area is 107 Å². The second kappa shape index (κ2) is 6.19. The standard InChI is InChI=1S/C15H31NO/c1-5-6-13(2)11-17-15(12-16)9-7-14(3,4)8-10-15/h13H,5-12,16H2,1-4H3. The molecule has 0 aromatic carbocycles. The number of nitrogens with two attached hydrogens (primary N) is 1. The van der Waals surface area contributed by atoms with Gasteiger partial charge in [-0.1, -0.05) is 34.1 Å². The first-order valence-corrected chi connectivity index (χ1v) is 7.27. The van der Waals surface area contributed by atoms with E-state index in [0.29, 0.717) is 17.9 Å². The number of hydrogen-bond donors (Lipinski definition) is 1. The first-order valence-electron chi connectivity index (χ1n) is 7.27. The summed E-state index contributed by atoms with van der Waals surface area (Å²) in [6.07, 6.45) is 7.25. The Kier molecular flexibility index (Phi) is 5.46. The molecule has 1 unspecified atom stereocenters. The van der Waals surface area contributed by atoms with Crippen LogP contribution in [0.15, 0.2) is 0 Å². The summed E-state index contributed by atoms with van der Waals surface area (Å²) in [4.78, 5) is 0. The first-order chi connectivity index (χ1) is 7.93. The van der Waals surface area contributed by atoms with Crippen LogP contribution >= 0.6 is 0 Å². The average Bonchev–Trinajstić information content (AvgIpc) is 2.29. The molecule has 0 radical (unpaired) electrons. The molecule has 1 fully saturated rings. The molecule has 1 atom stereocenters. The molecule has 17 heavy (non-hydrogen) atoms. The maximum Gasteiger partial charge on any atom is 0.0804 e.